The summed E-state index contributed by atoms with van der Waals surface area (Å²) in [6.45, 7) is 0.962. The van der Waals surface area contributed by atoms with Crippen LogP contribution in [0.25, 0.3) is 0 Å². The third-order valence-electron chi connectivity index (χ3n) is 2.31. The monoisotopic (exact) mass is 258 g/mol. The van der Waals surface area contributed by atoms with E-state index in [0.29, 0.717) is 17.0 Å². The number of nitrogens with one attached hydrogen (secondary N) is 2. The Balaban J connectivity index is 2.39. The zero-order chi connectivity index (χ0) is 12.7. The molecule has 0 bridgehead atoms. The Bertz CT molecular complexity index is 385. The van der Waals surface area contributed by atoms with Gasteiger partial charge in [-0.2, -0.15) is 0 Å². The minimum absolute atomic E-state index is 0.0837. The average Bonchev–Trinajstić information content (AvgIpc) is 2.31. The summed E-state index contributed by atoms with van der Waals surface area (Å²) in [7, 11) is 1.83. The molecule has 1 aromatic carbocycles. The van der Waals surface area contributed by atoms with Crippen molar-refractivity contribution in [3.05, 3.63) is 34.6 Å². The number of rotatable bonds is 6. The molecule has 0 spiro atoms. The molecule has 0 heterocycles. The molecule has 0 saturated heterocycles. The van der Waals surface area contributed by atoms with Gasteiger partial charge in [0, 0.05) is 23.6 Å². The van der Waals surface area contributed by atoms with Gasteiger partial charge in [0.05, 0.1) is 0 Å². The van der Waals surface area contributed by atoms with Crippen LogP contribution in [0, 0.1) is 5.82 Å². The van der Waals surface area contributed by atoms with Gasteiger partial charge < -0.3 is 10.6 Å². The fraction of sp³-hybridized carbons (Fsp3) is 0.417. The zero-order valence-corrected chi connectivity index (χ0v) is 10.5. The first-order valence-electron chi connectivity index (χ1n) is 5.48. The van der Waals surface area contributed by atoms with Crippen LogP contribution in [0.1, 0.15) is 18.4 Å². The molecule has 0 unspecified atom stereocenters. The van der Waals surface area contributed by atoms with E-state index < -0.39 is 0 Å². The summed E-state index contributed by atoms with van der Waals surface area (Å²) >= 11 is 5.75. The molecule has 3 nitrogen and oxygen atoms in total. The van der Waals surface area contributed by atoms with Crippen LogP contribution in [-0.2, 0) is 11.3 Å². The van der Waals surface area contributed by atoms with E-state index in [1.54, 1.807) is 0 Å². The van der Waals surface area contributed by atoms with E-state index in [1.165, 1.54) is 18.2 Å². The quantitative estimate of drug-likeness (QED) is 0.768. The lowest BCUT2D eigenvalue weighted by Gasteiger charge is -2.06. The molecule has 1 aromatic rings. The van der Waals surface area contributed by atoms with E-state index in [0.717, 1.165) is 13.0 Å². The second-order valence-electron chi connectivity index (χ2n) is 3.72. The highest BCUT2D eigenvalue weighted by Crippen LogP contribution is 2.14. The minimum Gasteiger partial charge on any atom is -0.352 e. The van der Waals surface area contributed by atoms with Crippen LogP contribution in [-0.4, -0.2) is 19.5 Å². The predicted molar refractivity (Wildman–Crippen MR) is 66.4 cm³/mol. The van der Waals surface area contributed by atoms with E-state index in [9.17, 15) is 9.18 Å². The molecule has 0 saturated carbocycles. The highest BCUT2D eigenvalue weighted by molar-refractivity contribution is 6.30. The topological polar surface area (TPSA) is 41.1 Å². The molecule has 94 valence electrons. The molecule has 0 aliphatic rings. The Labute approximate surface area is 105 Å². The van der Waals surface area contributed by atoms with Crippen molar-refractivity contribution in [2.75, 3.05) is 13.6 Å². The van der Waals surface area contributed by atoms with Gasteiger partial charge in [0.1, 0.15) is 5.82 Å². The Morgan fingerprint density at radius 1 is 1.47 bits per heavy atom. The van der Waals surface area contributed by atoms with Crippen LogP contribution < -0.4 is 10.6 Å². The van der Waals surface area contributed by atoms with E-state index in [2.05, 4.69) is 10.6 Å². The van der Waals surface area contributed by atoms with Gasteiger partial charge in [0.2, 0.25) is 5.91 Å². The van der Waals surface area contributed by atoms with Crippen molar-refractivity contribution in [3.63, 3.8) is 0 Å². The molecule has 1 amide bonds. The van der Waals surface area contributed by atoms with Crippen molar-refractivity contribution in [1.29, 1.82) is 0 Å². The van der Waals surface area contributed by atoms with Gasteiger partial charge in [-0.3, -0.25) is 4.79 Å². The number of hydrogen-bond acceptors (Lipinski definition) is 2. The third-order valence-corrected chi connectivity index (χ3v) is 2.55. The molecule has 5 heteroatoms. The molecule has 0 aliphatic carbocycles. The lowest BCUT2D eigenvalue weighted by Crippen LogP contribution is -2.24. The fourth-order valence-corrected chi connectivity index (χ4v) is 1.58. The van der Waals surface area contributed by atoms with Crippen molar-refractivity contribution in [2.45, 2.75) is 19.4 Å². The maximum atomic E-state index is 13.3. The molecule has 17 heavy (non-hydrogen) atoms. The minimum atomic E-state index is -0.357. The van der Waals surface area contributed by atoms with Crippen molar-refractivity contribution in [2.24, 2.45) is 0 Å². The van der Waals surface area contributed by atoms with Gasteiger partial charge in [0.15, 0.2) is 0 Å². The number of carbonyl (C=O) groups is 1. The first kappa shape index (κ1) is 13.9. The summed E-state index contributed by atoms with van der Waals surface area (Å²) in [5.41, 5.74) is 0.402. The van der Waals surface area contributed by atoms with Crippen LogP contribution in [0.5, 0.6) is 0 Å². The summed E-state index contributed by atoms with van der Waals surface area (Å²) in [6.07, 6.45) is 1.20. The highest BCUT2D eigenvalue weighted by atomic mass is 35.5. The SMILES string of the molecule is CNCCCC(=O)NCc1cc(Cl)ccc1F. The smallest absolute Gasteiger partial charge is 0.220 e. The normalized spacial score (nSPS) is 10.3. The largest absolute Gasteiger partial charge is 0.352 e. The van der Waals surface area contributed by atoms with Crippen molar-refractivity contribution in [3.8, 4) is 0 Å². The maximum Gasteiger partial charge on any atom is 0.220 e. The molecule has 0 atom stereocenters. The van der Waals surface area contributed by atoms with Crippen LogP contribution in [0.3, 0.4) is 0 Å². The van der Waals surface area contributed by atoms with Gasteiger partial charge >= 0.3 is 0 Å². The third kappa shape index (κ3) is 5.15. The second kappa shape index (κ2) is 7.25. The number of hydrogen-bond donors (Lipinski definition) is 2. The predicted octanol–water partition coefficient (Wildman–Crippen LogP) is 2.09. The molecule has 0 fully saturated rings. The van der Waals surface area contributed by atoms with Gasteiger partial charge in [0.25, 0.3) is 0 Å². The van der Waals surface area contributed by atoms with Gasteiger partial charge in [-0.1, -0.05) is 11.6 Å². The van der Waals surface area contributed by atoms with Crippen LogP contribution in [0.2, 0.25) is 5.02 Å². The number of carbonyl (C=O) groups excluding carboxylic acids is 1. The van der Waals surface area contributed by atoms with Crippen LogP contribution in [0.15, 0.2) is 18.2 Å². The van der Waals surface area contributed by atoms with Gasteiger partial charge in [-0.25, -0.2) is 4.39 Å². The summed E-state index contributed by atoms with van der Waals surface area (Å²) in [6, 6.07) is 4.30. The highest BCUT2D eigenvalue weighted by Gasteiger charge is 2.05. The lowest BCUT2D eigenvalue weighted by molar-refractivity contribution is -0.121. The Hall–Kier alpha value is -1.13. The molecule has 0 aromatic heterocycles. The van der Waals surface area contributed by atoms with Crippen LogP contribution >= 0.6 is 11.6 Å². The Morgan fingerprint density at radius 2 is 2.24 bits per heavy atom. The standard InChI is InChI=1S/C12H16ClFN2O/c1-15-6-2-3-12(17)16-8-9-7-10(13)4-5-11(9)14/h4-5,7,15H,2-3,6,8H2,1H3,(H,16,17). The summed E-state index contributed by atoms with van der Waals surface area (Å²) in [4.78, 5) is 11.4. The zero-order valence-electron chi connectivity index (χ0n) is 9.72. The Kier molecular flexibility index (Phi) is 5.94. The van der Waals surface area contributed by atoms with E-state index >= 15 is 0 Å². The van der Waals surface area contributed by atoms with Crippen molar-refractivity contribution < 1.29 is 9.18 Å². The molecule has 0 radical (unpaired) electrons. The van der Waals surface area contributed by atoms with E-state index in [1.807, 2.05) is 7.05 Å². The molecular weight excluding hydrogens is 243 g/mol. The lowest BCUT2D eigenvalue weighted by atomic mass is 10.2. The summed E-state index contributed by atoms with van der Waals surface area (Å²) in [5.74, 6) is -0.440. The second-order valence-corrected chi connectivity index (χ2v) is 4.16. The molecule has 2 N–H and O–H groups in total. The number of halogens is 2. The first-order valence-corrected chi connectivity index (χ1v) is 5.86. The maximum absolute atomic E-state index is 13.3. The van der Waals surface area contributed by atoms with Crippen molar-refractivity contribution >= 4 is 17.5 Å². The fourth-order valence-electron chi connectivity index (χ4n) is 1.39. The summed E-state index contributed by atoms with van der Waals surface area (Å²) < 4.78 is 13.3. The first-order chi connectivity index (χ1) is 8.13. The van der Waals surface area contributed by atoms with Gasteiger partial charge in [-0.15, -0.1) is 0 Å². The number of amides is 1. The summed E-state index contributed by atoms with van der Waals surface area (Å²) in [5, 5.41) is 6.08. The molecule has 1 rings (SSSR count). The number of benzene rings is 1. The molecule has 0 aliphatic heterocycles. The van der Waals surface area contributed by atoms with Crippen molar-refractivity contribution in [1.82, 2.24) is 10.6 Å². The molecular formula is C12H16ClFN2O. The average molecular weight is 259 g/mol. The Morgan fingerprint density at radius 3 is 2.94 bits per heavy atom. The van der Waals surface area contributed by atoms with E-state index in [-0.39, 0.29) is 18.3 Å². The van der Waals surface area contributed by atoms with Gasteiger partial charge in [-0.05, 0) is 38.2 Å². The van der Waals surface area contributed by atoms with Crippen LogP contribution in [0.4, 0.5) is 4.39 Å². The van der Waals surface area contributed by atoms with E-state index in [4.69, 9.17) is 11.6 Å².